The first kappa shape index (κ1) is 15.8. The van der Waals surface area contributed by atoms with Crippen molar-refractivity contribution in [1.29, 1.82) is 0 Å². The molecule has 2 fully saturated rings. The summed E-state index contributed by atoms with van der Waals surface area (Å²) in [7, 11) is 0. The first-order chi connectivity index (χ1) is 12.0. The zero-order chi connectivity index (χ0) is 17.7. The Morgan fingerprint density at radius 3 is 2.48 bits per heavy atom. The van der Waals surface area contributed by atoms with E-state index < -0.39 is 16.5 Å². The molecular weight excluding hydrogens is 322 g/mol. The number of nitrogens with zero attached hydrogens (tertiary/aromatic N) is 1. The van der Waals surface area contributed by atoms with E-state index in [1.165, 1.54) is 24.3 Å². The molecule has 1 aliphatic carbocycles. The Morgan fingerprint density at radius 1 is 1.20 bits per heavy atom. The van der Waals surface area contributed by atoms with Crippen LogP contribution in [0.4, 0.5) is 5.69 Å². The van der Waals surface area contributed by atoms with Crippen molar-refractivity contribution in [3.05, 3.63) is 75.8 Å². The van der Waals surface area contributed by atoms with Crippen LogP contribution < -0.4 is 0 Å². The highest BCUT2D eigenvalue weighted by molar-refractivity contribution is 5.89. The Balaban J connectivity index is 1.56. The van der Waals surface area contributed by atoms with Crippen LogP contribution in [0.25, 0.3) is 0 Å². The fourth-order valence-electron chi connectivity index (χ4n) is 3.88. The van der Waals surface area contributed by atoms with Crippen LogP contribution in [0.2, 0.25) is 0 Å². The summed E-state index contributed by atoms with van der Waals surface area (Å²) in [5.74, 6) is -0.491. The Kier molecular flexibility index (Phi) is 3.40. The fraction of sp³-hybridized carbons (Fsp3) is 0.316. The molecule has 2 aliphatic rings. The zero-order valence-electron chi connectivity index (χ0n) is 13.7. The molecule has 0 amide bonds. The van der Waals surface area contributed by atoms with Gasteiger partial charge in [0.25, 0.3) is 5.69 Å². The molecule has 1 saturated heterocycles. The number of fused-ring (bicyclic) bond motifs is 1. The van der Waals surface area contributed by atoms with Crippen LogP contribution in [-0.2, 0) is 15.1 Å². The van der Waals surface area contributed by atoms with E-state index in [9.17, 15) is 14.9 Å². The highest BCUT2D eigenvalue weighted by Gasteiger charge is 2.76. The van der Waals surface area contributed by atoms with Gasteiger partial charge in [-0.2, -0.15) is 0 Å². The minimum atomic E-state index is -0.593. The Hall–Kier alpha value is -2.73. The summed E-state index contributed by atoms with van der Waals surface area (Å²) in [5.41, 5.74) is 0.343. The smallest absolute Gasteiger partial charge is 0.338 e. The van der Waals surface area contributed by atoms with E-state index in [0.717, 1.165) is 18.4 Å². The number of nitro benzene ring substituents is 1. The van der Waals surface area contributed by atoms with E-state index in [-0.39, 0.29) is 17.4 Å². The van der Waals surface area contributed by atoms with Crippen LogP contribution in [0.3, 0.4) is 0 Å². The highest BCUT2D eigenvalue weighted by atomic mass is 16.7. The summed E-state index contributed by atoms with van der Waals surface area (Å²) in [6.07, 6.45) is 1.17. The number of benzene rings is 2. The van der Waals surface area contributed by atoms with Crippen molar-refractivity contribution >= 4 is 11.7 Å². The van der Waals surface area contributed by atoms with E-state index in [4.69, 9.17) is 9.47 Å². The second kappa shape index (κ2) is 5.39. The lowest BCUT2D eigenvalue weighted by molar-refractivity contribution is -0.384. The van der Waals surface area contributed by atoms with E-state index in [1.807, 2.05) is 37.3 Å². The summed E-state index contributed by atoms with van der Waals surface area (Å²) in [4.78, 5) is 22.7. The van der Waals surface area contributed by atoms with Gasteiger partial charge in [0.05, 0.1) is 10.5 Å². The van der Waals surface area contributed by atoms with Gasteiger partial charge in [-0.3, -0.25) is 10.1 Å². The largest absolute Gasteiger partial charge is 0.455 e. The number of epoxide rings is 1. The molecule has 0 N–H and O–H groups in total. The van der Waals surface area contributed by atoms with E-state index in [2.05, 4.69) is 0 Å². The molecule has 0 aromatic heterocycles. The molecule has 0 unspecified atom stereocenters. The van der Waals surface area contributed by atoms with Gasteiger partial charge >= 0.3 is 5.97 Å². The average Bonchev–Trinajstić information content (AvgIpc) is 3.17. The molecule has 1 aliphatic heterocycles. The summed E-state index contributed by atoms with van der Waals surface area (Å²) < 4.78 is 11.8. The monoisotopic (exact) mass is 339 g/mol. The molecule has 128 valence electrons. The van der Waals surface area contributed by atoms with Crippen molar-refractivity contribution < 1.29 is 19.2 Å². The van der Waals surface area contributed by atoms with Gasteiger partial charge in [0.2, 0.25) is 0 Å². The van der Waals surface area contributed by atoms with E-state index in [0.29, 0.717) is 5.56 Å². The summed E-state index contributed by atoms with van der Waals surface area (Å²) in [5, 5.41) is 10.7. The van der Waals surface area contributed by atoms with E-state index in [1.54, 1.807) is 0 Å². The maximum absolute atomic E-state index is 12.5. The van der Waals surface area contributed by atoms with Crippen LogP contribution in [0.15, 0.2) is 54.6 Å². The van der Waals surface area contributed by atoms with Crippen molar-refractivity contribution in [2.24, 2.45) is 0 Å². The fourth-order valence-corrected chi connectivity index (χ4v) is 3.88. The van der Waals surface area contributed by atoms with Gasteiger partial charge in [-0.05, 0) is 37.5 Å². The third-order valence-corrected chi connectivity index (χ3v) is 5.23. The minimum absolute atomic E-state index is 0.0590. The van der Waals surface area contributed by atoms with Gasteiger partial charge in [0.15, 0.2) is 5.60 Å². The quantitative estimate of drug-likeness (QED) is 0.368. The van der Waals surface area contributed by atoms with Gasteiger partial charge in [-0.15, -0.1) is 0 Å². The summed E-state index contributed by atoms with van der Waals surface area (Å²) >= 11 is 0. The van der Waals surface area contributed by atoms with Crippen LogP contribution in [0, 0.1) is 10.1 Å². The second-order valence-corrected chi connectivity index (χ2v) is 6.67. The van der Waals surface area contributed by atoms with Gasteiger partial charge < -0.3 is 9.47 Å². The molecule has 2 aromatic rings. The predicted octanol–water partition coefficient (Wildman–Crippen LogP) is 3.60. The lowest BCUT2D eigenvalue weighted by Crippen LogP contribution is -2.31. The SMILES string of the molecule is C[C@@]12CC[C@H](OC(=O)c3ccc([N+](=O)[O-])cc3)[C@]1(c1ccccc1)O2. The van der Waals surface area contributed by atoms with Crippen LogP contribution >= 0.6 is 0 Å². The maximum atomic E-state index is 12.5. The number of hydrogen-bond donors (Lipinski definition) is 0. The topological polar surface area (TPSA) is 82.0 Å². The van der Waals surface area contributed by atoms with Crippen molar-refractivity contribution in [3.63, 3.8) is 0 Å². The number of non-ortho nitro benzene ring substituents is 1. The molecule has 1 saturated carbocycles. The number of hydrogen-bond acceptors (Lipinski definition) is 5. The predicted molar refractivity (Wildman–Crippen MR) is 89.1 cm³/mol. The van der Waals surface area contributed by atoms with E-state index >= 15 is 0 Å². The van der Waals surface area contributed by atoms with Crippen molar-refractivity contribution in [1.82, 2.24) is 0 Å². The number of carbonyl (C=O) groups excluding carboxylic acids is 1. The third kappa shape index (κ3) is 2.33. The molecule has 6 heteroatoms. The molecule has 4 rings (SSSR count). The first-order valence-corrected chi connectivity index (χ1v) is 8.17. The number of esters is 1. The standard InChI is InChI=1S/C19H17NO5/c1-18-12-11-16(19(18,25-18)14-5-3-2-4-6-14)24-17(21)13-7-9-15(10-8-13)20(22)23/h2-10,16H,11-12H2,1H3/t16-,18+,19-/m0/s1. The summed E-state index contributed by atoms with van der Waals surface area (Å²) in [6, 6.07) is 15.2. The number of ether oxygens (including phenoxy) is 2. The molecule has 3 atom stereocenters. The molecular formula is C19H17NO5. The Labute approximate surface area is 144 Å². The number of carbonyl (C=O) groups is 1. The summed E-state index contributed by atoms with van der Waals surface area (Å²) in [6.45, 7) is 2.04. The molecule has 25 heavy (non-hydrogen) atoms. The molecule has 0 spiro atoms. The highest BCUT2D eigenvalue weighted by Crippen LogP contribution is 2.66. The van der Waals surface area contributed by atoms with Gasteiger partial charge in [0.1, 0.15) is 11.7 Å². The lowest BCUT2D eigenvalue weighted by Gasteiger charge is -2.21. The lowest BCUT2D eigenvalue weighted by atomic mass is 9.88. The maximum Gasteiger partial charge on any atom is 0.338 e. The van der Waals surface area contributed by atoms with Crippen LogP contribution in [0.1, 0.15) is 35.7 Å². The van der Waals surface area contributed by atoms with Crippen molar-refractivity contribution in [2.45, 2.75) is 37.1 Å². The second-order valence-electron chi connectivity index (χ2n) is 6.67. The molecule has 0 radical (unpaired) electrons. The normalized spacial score (nSPS) is 29.7. The number of rotatable bonds is 4. The first-order valence-electron chi connectivity index (χ1n) is 8.17. The van der Waals surface area contributed by atoms with Crippen LogP contribution in [-0.4, -0.2) is 22.6 Å². The molecule has 1 heterocycles. The number of nitro groups is 1. The average molecular weight is 339 g/mol. The molecule has 2 aromatic carbocycles. The van der Waals surface area contributed by atoms with Gasteiger partial charge in [0, 0.05) is 12.1 Å². The zero-order valence-corrected chi connectivity index (χ0v) is 13.7. The minimum Gasteiger partial charge on any atom is -0.455 e. The molecule has 0 bridgehead atoms. The van der Waals surface area contributed by atoms with Gasteiger partial charge in [-0.25, -0.2) is 4.79 Å². The van der Waals surface area contributed by atoms with Crippen molar-refractivity contribution in [3.8, 4) is 0 Å². The van der Waals surface area contributed by atoms with Crippen molar-refractivity contribution in [2.75, 3.05) is 0 Å². The third-order valence-electron chi connectivity index (χ3n) is 5.23. The van der Waals surface area contributed by atoms with Crippen LogP contribution in [0.5, 0.6) is 0 Å². The van der Waals surface area contributed by atoms with Gasteiger partial charge in [-0.1, -0.05) is 30.3 Å². The Bertz CT molecular complexity index is 835. The molecule has 6 nitrogen and oxygen atoms in total. The Morgan fingerprint density at radius 2 is 1.88 bits per heavy atom.